The molecule has 0 aliphatic rings. The maximum Gasteiger partial charge on any atom is 0.342 e. The lowest BCUT2D eigenvalue weighted by molar-refractivity contribution is -0.385. The number of hydrogen-bond acceptors (Lipinski definition) is 4. The van der Waals surface area contributed by atoms with Crippen molar-refractivity contribution in [2.45, 2.75) is 13.8 Å². The molecule has 0 atom stereocenters. The van der Waals surface area contributed by atoms with E-state index in [1.165, 1.54) is 18.2 Å². The van der Waals surface area contributed by atoms with Gasteiger partial charge in [-0.25, -0.2) is 4.79 Å². The van der Waals surface area contributed by atoms with Gasteiger partial charge in [0.1, 0.15) is 5.56 Å². The first-order chi connectivity index (χ1) is 9.86. The standard InChI is InChI=1S/C15H14N2O4/c1-9-5-10(2)7-12(6-9)16-11-3-4-14(17(20)21)13(8-11)15(18)19/h3-8,16H,1-2H3,(H,18,19). The van der Waals surface area contributed by atoms with Crippen molar-refractivity contribution in [3.05, 3.63) is 63.2 Å². The second kappa shape index (κ2) is 5.62. The van der Waals surface area contributed by atoms with Gasteiger partial charge in [-0.1, -0.05) is 6.07 Å². The Hall–Kier alpha value is -2.89. The van der Waals surface area contributed by atoms with E-state index in [1.807, 2.05) is 32.0 Å². The number of carboxylic acids is 1. The average Bonchev–Trinajstić information content (AvgIpc) is 2.36. The summed E-state index contributed by atoms with van der Waals surface area (Å²) >= 11 is 0. The number of benzene rings is 2. The van der Waals surface area contributed by atoms with Gasteiger partial charge in [0, 0.05) is 17.4 Å². The highest BCUT2D eigenvalue weighted by molar-refractivity contribution is 5.93. The van der Waals surface area contributed by atoms with Crippen LogP contribution in [0.3, 0.4) is 0 Å². The van der Waals surface area contributed by atoms with Crippen molar-refractivity contribution in [3.63, 3.8) is 0 Å². The van der Waals surface area contributed by atoms with Crippen molar-refractivity contribution in [1.29, 1.82) is 0 Å². The summed E-state index contributed by atoms with van der Waals surface area (Å²) in [6.45, 7) is 3.91. The third kappa shape index (κ3) is 3.36. The van der Waals surface area contributed by atoms with Gasteiger partial charge in [0.15, 0.2) is 0 Å². The van der Waals surface area contributed by atoms with Crippen molar-refractivity contribution in [3.8, 4) is 0 Å². The lowest BCUT2D eigenvalue weighted by Crippen LogP contribution is -2.03. The molecule has 0 spiro atoms. The van der Waals surface area contributed by atoms with Crippen molar-refractivity contribution in [1.82, 2.24) is 0 Å². The Labute approximate surface area is 121 Å². The molecule has 0 radical (unpaired) electrons. The Bertz CT molecular complexity index is 705. The molecule has 108 valence electrons. The molecule has 0 amide bonds. The summed E-state index contributed by atoms with van der Waals surface area (Å²) in [5.41, 5.74) is 2.67. The fraction of sp³-hybridized carbons (Fsp3) is 0.133. The largest absolute Gasteiger partial charge is 0.477 e. The van der Waals surface area contributed by atoms with Gasteiger partial charge >= 0.3 is 5.97 Å². The fourth-order valence-electron chi connectivity index (χ4n) is 2.16. The summed E-state index contributed by atoms with van der Waals surface area (Å²) in [4.78, 5) is 21.2. The quantitative estimate of drug-likeness (QED) is 0.661. The predicted molar refractivity (Wildman–Crippen MR) is 79.3 cm³/mol. The summed E-state index contributed by atoms with van der Waals surface area (Å²) in [7, 11) is 0. The molecule has 0 aliphatic carbocycles. The number of anilines is 2. The molecule has 6 nitrogen and oxygen atoms in total. The number of carboxylic acid groups (broad SMARTS) is 1. The summed E-state index contributed by atoms with van der Waals surface area (Å²) < 4.78 is 0. The number of nitrogens with one attached hydrogen (secondary N) is 1. The van der Waals surface area contributed by atoms with Crippen LogP contribution in [-0.4, -0.2) is 16.0 Å². The lowest BCUT2D eigenvalue weighted by Gasteiger charge is -2.09. The molecule has 2 aromatic carbocycles. The van der Waals surface area contributed by atoms with Gasteiger partial charge in [-0.3, -0.25) is 10.1 Å². The number of aromatic carboxylic acids is 1. The van der Waals surface area contributed by atoms with E-state index in [2.05, 4.69) is 5.32 Å². The SMILES string of the molecule is Cc1cc(C)cc(Nc2ccc([N+](=O)[O-])c(C(=O)O)c2)c1. The number of aryl methyl sites for hydroxylation is 2. The maximum absolute atomic E-state index is 11.1. The first-order valence-electron chi connectivity index (χ1n) is 6.24. The first kappa shape index (κ1) is 14.5. The van der Waals surface area contributed by atoms with E-state index in [1.54, 1.807) is 0 Å². The van der Waals surface area contributed by atoms with Crippen molar-refractivity contribution in [2.75, 3.05) is 5.32 Å². The predicted octanol–water partition coefficient (Wildman–Crippen LogP) is 3.65. The zero-order valence-electron chi connectivity index (χ0n) is 11.6. The molecule has 2 N–H and O–H groups in total. The van der Waals surface area contributed by atoms with Crippen LogP contribution in [0.15, 0.2) is 36.4 Å². The van der Waals surface area contributed by atoms with Crippen LogP contribution in [0.5, 0.6) is 0 Å². The molecule has 0 fully saturated rings. The number of rotatable bonds is 4. The summed E-state index contributed by atoms with van der Waals surface area (Å²) in [5, 5.41) is 22.9. The van der Waals surface area contributed by atoms with E-state index >= 15 is 0 Å². The van der Waals surface area contributed by atoms with E-state index in [0.717, 1.165) is 16.8 Å². The topological polar surface area (TPSA) is 92.5 Å². The lowest BCUT2D eigenvalue weighted by atomic mass is 10.1. The molecule has 0 saturated heterocycles. The van der Waals surface area contributed by atoms with E-state index in [0.29, 0.717) is 5.69 Å². The van der Waals surface area contributed by atoms with Crippen LogP contribution in [0.4, 0.5) is 17.1 Å². The van der Waals surface area contributed by atoms with Crippen molar-refractivity contribution in [2.24, 2.45) is 0 Å². The van der Waals surface area contributed by atoms with E-state index in [4.69, 9.17) is 5.11 Å². The van der Waals surface area contributed by atoms with Crippen LogP contribution in [-0.2, 0) is 0 Å². The van der Waals surface area contributed by atoms with Crippen LogP contribution in [0, 0.1) is 24.0 Å². The Morgan fingerprint density at radius 1 is 1.10 bits per heavy atom. The average molecular weight is 286 g/mol. The second-order valence-corrected chi connectivity index (χ2v) is 4.80. The summed E-state index contributed by atoms with van der Waals surface area (Å²) in [5.74, 6) is -1.33. The minimum atomic E-state index is -1.33. The van der Waals surface area contributed by atoms with E-state index < -0.39 is 16.6 Å². The van der Waals surface area contributed by atoms with E-state index in [-0.39, 0.29) is 5.56 Å². The fourth-order valence-corrected chi connectivity index (χ4v) is 2.16. The molecule has 6 heteroatoms. The minimum absolute atomic E-state index is 0.339. The van der Waals surface area contributed by atoms with Crippen LogP contribution >= 0.6 is 0 Å². The summed E-state index contributed by atoms with van der Waals surface area (Å²) in [6, 6.07) is 9.78. The zero-order valence-corrected chi connectivity index (χ0v) is 11.6. The van der Waals surface area contributed by atoms with Crippen molar-refractivity contribution < 1.29 is 14.8 Å². The Kier molecular flexibility index (Phi) is 3.89. The molecule has 0 aromatic heterocycles. The Morgan fingerprint density at radius 2 is 1.71 bits per heavy atom. The molecule has 0 saturated carbocycles. The number of carbonyl (C=O) groups is 1. The highest BCUT2D eigenvalue weighted by Gasteiger charge is 2.19. The molecular formula is C15H14N2O4. The van der Waals surface area contributed by atoms with Crippen LogP contribution in [0.25, 0.3) is 0 Å². The molecule has 21 heavy (non-hydrogen) atoms. The van der Waals surface area contributed by atoms with Crippen LogP contribution in [0.1, 0.15) is 21.5 Å². The minimum Gasteiger partial charge on any atom is -0.477 e. The van der Waals surface area contributed by atoms with Gasteiger partial charge in [-0.2, -0.15) is 0 Å². The normalized spacial score (nSPS) is 10.2. The molecule has 2 rings (SSSR count). The molecule has 0 aliphatic heterocycles. The number of nitro benzene ring substituents is 1. The third-order valence-corrected chi connectivity index (χ3v) is 2.93. The van der Waals surface area contributed by atoms with Crippen LogP contribution in [0.2, 0.25) is 0 Å². The zero-order chi connectivity index (χ0) is 15.6. The molecule has 0 bridgehead atoms. The smallest absolute Gasteiger partial charge is 0.342 e. The summed E-state index contributed by atoms with van der Waals surface area (Å²) in [6.07, 6.45) is 0. The molecular weight excluding hydrogens is 272 g/mol. The van der Waals surface area contributed by atoms with Gasteiger partial charge in [0.25, 0.3) is 5.69 Å². The van der Waals surface area contributed by atoms with Gasteiger partial charge in [0.2, 0.25) is 0 Å². The molecule has 0 heterocycles. The number of nitro groups is 1. The van der Waals surface area contributed by atoms with E-state index in [9.17, 15) is 14.9 Å². The van der Waals surface area contributed by atoms with Gasteiger partial charge in [0.05, 0.1) is 4.92 Å². The Morgan fingerprint density at radius 3 is 2.24 bits per heavy atom. The van der Waals surface area contributed by atoms with Gasteiger partial charge in [-0.15, -0.1) is 0 Å². The van der Waals surface area contributed by atoms with Gasteiger partial charge in [-0.05, 0) is 49.2 Å². The Balaban J connectivity index is 2.39. The monoisotopic (exact) mass is 286 g/mol. The highest BCUT2D eigenvalue weighted by Crippen LogP contribution is 2.25. The second-order valence-electron chi connectivity index (χ2n) is 4.80. The highest BCUT2D eigenvalue weighted by atomic mass is 16.6. The van der Waals surface area contributed by atoms with Crippen LogP contribution < -0.4 is 5.32 Å². The molecule has 0 unspecified atom stereocenters. The molecule has 2 aromatic rings. The number of hydrogen-bond donors (Lipinski definition) is 2. The van der Waals surface area contributed by atoms with Crippen molar-refractivity contribution >= 4 is 23.0 Å². The van der Waals surface area contributed by atoms with Gasteiger partial charge < -0.3 is 10.4 Å². The number of nitrogens with zero attached hydrogens (tertiary/aromatic N) is 1. The third-order valence-electron chi connectivity index (χ3n) is 2.93. The first-order valence-corrected chi connectivity index (χ1v) is 6.24. The maximum atomic E-state index is 11.1.